The van der Waals surface area contributed by atoms with Crippen molar-refractivity contribution in [1.82, 2.24) is 15.2 Å². The third kappa shape index (κ3) is 4.79. The van der Waals surface area contributed by atoms with E-state index < -0.39 is 29.9 Å². The molecule has 1 aliphatic rings. The van der Waals surface area contributed by atoms with Gasteiger partial charge in [0, 0.05) is 22.2 Å². The predicted octanol–water partition coefficient (Wildman–Crippen LogP) is 7.52. The van der Waals surface area contributed by atoms with E-state index in [-0.39, 0.29) is 12.4 Å². The van der Waals surface area contributed by atoms with Crippen molar-refractivity contribution in [1.29, 1.82) is 0 Å². The maximum absolute atomic E-state index is 13.4. The highest BCUT2D eigenvalue weighted by Gasteiger charge is 2.41. The fourth-order valence-corrected chi connectivity index (χ4v) is 4.49. The van der Waals surface area contributed by atoms with Crippen molar-refractivity contribution in [2.24, 2.45) is 0 Å². The van der Waals surface area contributed by atoms with Gasteiger partial charge in [0.25, 0.3) is 0 Å². The van der Waals surface area contributed by atoms with E-state index in [9.17, 15) is 18.0 Å². The number of oxazole rings is 1. The molecule has 1 N–H and O–H groups in total. The summed E-state index contributed by atoms with van der Waals surface area (Å²) in [5.74, 6) is 0.659. The van der Waals surface area contributed by atoms with Gasteiger partial charge in [0.05, 0.1) is 17.8 Å². The molecule has 2 heterocycles. The van der Waals surface area contributed by atoms with Gasteiger partial charge in [-0.15, -0.1) is 0 Å². The van der Waals surface area contributed by atoms with Crippen LogP contribution in [0.3, 0.4) is 0 Å². The van der Waals surface area contributed by atoms with Crippen molar-refractivity contribution in [3.63, 3.8) is 0 Å². The van der Waals surface area contributed by atoms with Gasteiger partial charge in [-0.1, -0.05) is 47.5 Å². The topological polar surface area (TPSA) is 58.4 Å². The van der Waals surface area contributed by atoms with Crippen LogP contribution in [0.5, 0.6) is 0 Å². The number of hydrogen-bond donors (Lipinski definition) is 1. The van der Waals surface area contributed by atoms with Gasteiger partial charge in [-0.3, -0.25) is 4.90 Å². The highest BCUT2D eigenvalue weighted by Crippen LogP contribution is 2.40. The van der Waals surface area contributed by atoms with Crippen LogP contribution < -0.4 is 5.32 Å². The number of alkyl halides is 3. The molecule has 1 saturated heterocycles. The second kappa shape index (κ2) is 9.52. The summed E-state index contributed by atoms with van der Waals surface area (Å²) in [5, 5.41) is 3.81. The van der Waals surface area contributed by atoms with Gasteiger partial charge in [0.2, 0.25) is 5.89 Å². The normalized spacial score (nSPS) is 16.8. The van der Waals surface area contributed by atoms with Gasteiger partial charge in [-0.25, -0.2) is 9.78 Å². The number of benzene rings is 3. The molecule has 5 rings (SSSR count). The molecule has 10 heteroatoms. The number of carbonyl (C=O) groups is 1. The van der Waals surface area contributed by atoms with Crippen LogP contribution in [0.4, 0.5) is 18.0 Å². The van der Waals surface area contributed by atoms with Crippen molar-refractivity contribution >= 4 is 29.2 Å². The monoisotopic (exact) mass is 531 g/mol. The highest BCUT2D eigenvalue weighted by atomic mass is 35.5. The first kappa shape index (κ1) is 24.2. The van der Waals surface area contributed by atoms with E-state index in [1.165, 1.54) is 17.2 Å². The van der Waals surface area contributed by atoms with Gasteiger partial charge in [0.15, 0.2) is 5.76 Å². The maximum atomic E-state index is 13.4. The molecule has 1 fully saturated rings. The molecular formula is C26H18Cl2F3N3O2. The van der Waals surface area contributed by atoms with Gasteiger partial charge >= 0.3 is 12.2 Å². The third-order valence-corrected chi connectivity index (χ3v) is 6.47. The Kier molecular flexibility index (Phi) is 6.40. The van der Waals surface area contributed by atoms with Crippen molar-refractivity contribution in [2.75, 3.05) is 6.54 Å². The molecule has 4 aromatic rings. The third-order valence-electron chi connectivity index (χ3n) is 5.97. The van der Waals surface area contributed by atoms with Crippen LogP contribution in [0.2, 0.25) is 10.0 Å². The summed E-state index contributed by atoms with van der Waals surface area (Å²) in [7, 11) is 0. The summed E-state index contributed by atoms with van der Waals surface area (Å²) in [6.07, 6.45) is -2.97. The van der Waals surface area contributed by atoms with Crippen LogP contribution in [-0.2, 0) is 6.18 Å². The molecule has 0 bridgehead atoms. The standard InChI is InChI=1S/C26H18Cl2F3N3O2/c27-19-8-4-15(5-9-19)22-14-32-24(36-22)23(16-6-10-20(28)11-7-16)34-21(13-33-25(34)35)17-2-1-3-18(12-17)26(29,30)31/h1-12,14,21,23H,13H2,(H,33,35)/t21-,23?/m1/s1. The van der Waals surface area contributed by atoms with Crippen LogP contribution >= 0.6 is 23.2 Å². The Morgan fingerprint density at radius 1 is 1.00 bits per heavy atom. The molecule has 3 aromatic carbocycles. The van der Waals surface area contributed by atoms with Crippen LogP contribution in [0.25, 0.3) is 11.3 Å². The van der Waals surface area contributed by atoms with Crippen molar-refractivity contribution in [3.8, 4) is 11.3 Å². The molecule has 0 spiro atoms. The number of hydrogen-bond acceptors (Lipinski definition) is 3. The van der Waals surface area contributed by atoms with E-state index in [0.717, 1.165) is 17.7 Å². The van der Waals surface area contributed by atoms with Crippen LogP contribution in [0, 0.1) is 0 Å². The van der Waals surface area contributed by atoms with E-state index in [1.807, 2.05) is 0 Å². The highest BCUT2D eigenvalue weighted by molar-refractivity contribution is 6.30. The van der Waals surface area contributed by atoms with Gasteiger partial charge < -0.3 is 9.73 Å². The Morgan fingerprint density at radius 3 is 2.33 bits per heavy atom. The molecule has 0 aliphatic carbocycles. The zero-order chi connectivity index (χ0) is 25.4. The number of halogens is 5. The summed E-state index contributed by atoms with van der Waals surface area (Å²) in [6.45, 7) is 0.120. The van der Waals surface area contributed by atoms with Crippen molar-refractivity contribution in [2.45, 2.75) is 18.3 Å². The Morgan fingerprint density at radius 2 is 1.67 bits per heavy atom. The Bertz CT molecular complexity index is 1390. The Balaban J connectivity index is 1.59. The molecule has 0 saturated carbocycles. The molecule has 36 heavy (non-hydrogen) atoms. The number of aromatic nitrogens is 1. The number of nitrogens with one attached hydrogen (secondary N) is 1. The zero-order valence-electron chi connectivity index (χ0n) is 18.5. The average Bonchev–Trinajstić information content (AvgIpc) is 3.48. The molecule has 1 aliphatic heterocycles. The number of rotatable bonds is 5. The first-order valence-corrected chi connectivity index (χ1v) is 11.7. The Labute approximate surface area is 214 Å². The Hall–Kier alpha value is -3.49. The van der Waals surface area contributed by atoms with Crippen molar-refractivity contribution in [3.05, 3.63) is 112 Å². The molecule has 1 aromatic heterocycles. The summed E-state index contributed by atoms with van der Waals surface area (Å²) >= 11 is 12.1. The van der Waals surface area contributed by atoms with Crippen LogP contribution in [0.1, 0.15) is 34.7 Å². The number of nitrogens with zero attached hydrogens (tertiary/aromatic N) is 2. The predicted molar refractivity (Wildman–Crippen MR) is 130 cm³/mol. The van der Waals surface area contributed by atoms with Gasteiger partial charge in [-0.2, -0.15) is 13.2 Å². The first-order valence-electron chi connectivity index (χ1n) is 10.9. The van der Waals surface area contributed by atoms with Crippen LogP contribution in [-0.4, -0.2) is 22.5 Å². The quantitative estimate of drug-likeness (QED) is 0.289. The lowest BCUT2D eigenvalue weighted by atomic mass is 9.99. The second-order valence-corrected chi connectivity index (χ2v) is 9.13. The minimum atomic E-state index is -4.51. The molecular weight excluding hydrogens is 514 g/mol. The molecule has 184 valence electrons. The summed E-state index contributed by atoms with van der Waals surface area (Å²) in [4.78, 5) is 19.0. The number of urea groups is 1. The molecule has 5 nitrogen and oxygen atoms in total. The van der Waals surface area contributed by atoms with Crippen molar-refractivity contribution < 1.29 is 22.4 Å². The zero-order valence-corrected chi connectivity index (χ0v) is 20.0. The second-order valence-electron chi connectivity index (χ2n) is 8.26. The minimum absolute atomic E-state index is 0.120. The SMILES string of the molecule is O=C1NC[C@H](c2cccc(C(F)(F)F)c2)N1C(c1ccc(Cl)cc1)c1ncc(-c2ccc(Cl)cc2)o1. The molecule has 2 atom stereocenters. The largest absolute Gasteiger partial charge is 0.438 e. The van der Waals surface area contributed by atoms with Crippen LogP contribution in [0.15, 0.2) is 83.4 Å². The van der Waals surface area contributed by atoms with Gasteiger partial charge in [-0.05, 0) is 59.7 Å². The maximum Gasteiger partial charge on any atom is 0.416 e. The molecule has 0 radical (unpaired) electrons. The number of carbonyl (C=O) groups excluding carboxylic acids is 1. The van der Waals surface area contributed by atoms with E-state index in [4.69, 9.17) is 27.6 Å². The lowest BCUT2D eigenvalue weighted by Gasteiger charge is -2.31. The first-order chi connectivity index (χ1) is 17.2. The fraction of sp³-hybridized carbons (Fsp3) is 0.154. The number of amides is 2. The summed E-state index contributed by atoms with van der Waals surface area (Å²) in [5.41, 5.74) is 0.918. The molecule has 2 amide bonds. The van der Waals surface area contributed by atoms with E-state index >= 15 is 0 Å². The van der Waals surface area contributed by atoms with E-state index in [2.05, 4.69) is 10.3 Å². The summed E-state index contributed by atoms with van der Waals surface area (Å²) < 4.78 is 46.3. The van der Waals surface area contributed by atoms with E-state index in [1.54, 1.807) is 54.6 Å². The lowest BCUT2D eigenvalue weighted by Crippen LogP contribution is -2.35. The lowest BCUT2D eigenvalue weighted by molar-refractivity contribution is -0.137. The van der Waals surface area contributed by atoms with E-state index in [0.29, 0.717) is 26.9 Å². The summed E-state index contributed by atoms with van der Waals surface area (Å²) in [6, 6.07) is 16.8. The fourth-order valence-electron chi connectivity index (χ4n) is 4.24. The molecule has 1 unspecified atom stereocenters. The van der Waals surface area contributed by atoms with Gasteiger partial charge in [0.1, 0.15) is 6.04 Å². The average molecular weight is 532 g/mol. The minimum Gasteiger partial charge on any atom is -0.438 e. The smallest absolute Gasteiger partial charge is 0.416 e.